The lowest BCUT2D eigenvalue weighted by atomic mass is 9.74. The van der Waals surface area contributed by atoms with Crippen LogP contribution in [0.25, 0.3) is 0 Å². The highest BCUT2D eigenvalue weighted by Crippen LogP contribution is 2.46. The third-order valence-corrected chi connectivity index (χ3v) is 6.00. The van der Waals surface area contributed by atoms with Crippen molar-refractivity contribution in [1.29, 1.82) is 0 Å². The predicted molar refractivity (Wildman–Crippen MR) is 106 cm³/mol. The zero-order valence-corrected chi connectivity index (χ0v) is 16.5. The number of likely N-dealkylation sites (tertiary alicyclic amines) is 1. The molecule has 0 aliphatic carbocycles. The maximum atomic E-state index is 10.8. The number of piperidine rings is 1. The number of rotatable bonds is 10. The van der Waals surface area contributed by atoms with Crippen LogP contribution in [0.4, 0.5) is 0 Å². The molecule has 1 saturated heterocycles. The molecule has 1 N–H and O–H groups in total. The zero-order valence-electron chi connectivity index (χ0n) is 16.5. The molecule has 2 aliphatic rings. The van der Waals surface area contributed by atoms with Crippen LogP contribution in [0.15, 0.2) is 18.2 Å². The van der Waals surface area contributed by atoms with E-state index >= 15 is 0 Å². The topological polar surface area (TPSA) is 59.0 Å². The number of aliphatic carboxylic acids is 1. The first-order valence-corrected chi connectivity index (χ1v) is 10.5. The van der Waals surface area contributed by atoms with E-state index in [4.69, 9.17) is 14.6 Å². The van der Waals surface area contributed by atoms with Crippen LogP contribution < -0.4 is 9.47 Å². The number of hydrogen-bond acceptors (Lipinski definition) is 4. The second-order valence-electron chi connectivity index (χ2n) is 7.98. The van der Waals surface area contributed by atoms with Gasteiger partial charge >= 0.3 is 5.97 Å². The average molecular weight is 376 g/mol. The average Bonchev–Trinajstić information content (AvgIpc) is 3.02. The molecular weight excluding hydrogens is 342 g/mol. The van der Waals surface area contributed by atoms with Gasteiger partial charge in [0.1, 0.15) is 11.5 Å². The van der Waals surface area contributed by atoms with E-state index in [-0.39, 0.29) is 11.8 Å². The molecule has 0 amide bonds. The molecule has 1 fully saturated rings. The predicted octanol–water partition coefficient (Wildman–Crippen LogP) is 4.24. The highest BCUT2D eigenvalue weighted by atomic mass is 16.5. The van der Waals surface area contributed by atoms with Gasteiger partial charge in [0.05, 0.1) is 19.6 Å². The Morgan fingerprint density at radius 1 is 1.22 bits per heavy atom. The van der Waals surface area contributed by atoms with Crippen molar-refractivity contribution in [3.63, 3.8) is 0 Å². The van der Waals surface area contributed by atoms with Gasteiger partial charge in [-0.25, -0.2) is 0 Å². The first kappa shape index (κ1) is 20.0. The maximum Gasteiger partial charge on any atom is 0.304 e. The van der Waals surface area contributed by atoms with E-state index in [0.717, 1.165) is 57.1 Å². The van der Waals surface area contributed by atoms with Crippen molar-refractivity contribution in [2.75, 3.05) is 32.8 Å². The summed E-state index contributed by atoms with van der Waals surface area (Å²) in [4.78, 5) is 13.1. The van der Waals surface area contributed by atoms with Gasteiger partial charge in [0.2, 0.25) is 0 Å². The maximum absolute atomic E-state index is 10.8. The van der Waals surface area contributed by atoms with Crippen molar-refractivity contribution in [2.24, 2.45) is 0 Å². The molecular formula is C22H33NO4. The second kappa shape index (κ2) is 9.45. The lowest BCUT2D eigenvalue weighted by Gasteiger charge is -2.38. The Morgan fingerprint density at radius 2 is 2.00 bits per heavy atom. The molecule has 2 aliphatic heterocycles. The van der Waals surface area contributed by atoms with Gasteiger partial charge in [-0.05, 0) is 50.6 Å². The molecule has 27 heavy (non-hydrogen) atoms. The van der Waals surface area contributed by atoms with Crippen molar-refractivity contribution < 1.29 is 19.4 Å². The Bertz CT molecular complexity index is 623. The fraction of sp³-hybridized carbons (Fsp3) is 0.682. The Morgan fingerprint density at radius 3 is 2.74 bits per heavy atom. The van der Waals surface area contributed by atoms with Crippen LogP contribution in [-0.4, -0.2) is 48.8 Å². The van der Waals surface area contributed by atoms with Gasteiger partial charge in [0.25, 0.3) is 0 Å². The van der Waals surface area contributed by atoms with E-state index in [9.17, 15) is 4.79 Å². The first-order chi connectivity index (χ1) is 13.1. The van der Waals surface area contributed by atoms with E-state index in [1.54, 1.807) is 0 Å². The molecule has 0 atom stereocenters. The number of ether oxygens (including phenoxy) is 2. The summed E-state index contributed by atoms with van der Waals surface area (Å²) in [5.74, 6) is 1.22. The van der Waals surface area contributed by atoms with E-state index < -0.39 is 5.97 Å². The van der Waals surface area contributed by atoms with Gasteiger partial charge in [0, 0.05) is 17.5 Å². The van der Waals surface area contributed by atoms with E-state index in [0.29, 0.717) is 6.54 Å². The van der Waals surface area contributed by atoms with Gasteiger partial charge in [0.15, 0.2) is 0 Å². The molecule has 3 rings (SSSR count). The molecule has 0 aromatic heterocycles. The smallest absolute Gasteiger partial charge is 0.304 e. The number of carbonyl (C=O) groups is 1. The van der Waals surface area contributed by atoms with Crippen molar-refractivity contribution >= 4 is 5.97 Å². The summed E-state index contributed by atoms with van der Waals surface area (Å²) < 4.78 is 12.0. The van der Waals surface area contributed by atoms with Gasteiger partial charge < -0.3 is 19.5 Å². The molecule has 5 nitrogen and oxygen atoms in total. The van der Waals surface area contributed by atoms with Crippen molar-refractivity contribution in [3.05, 3.63) is 23.8 Å². The summed E-state index contributed by atoms with van der Waals surface area (Å²) >= 11 is 0. The van der Waals surface area contributed by atoms with E-state index in [1.807, 2.05) is 12.1 Å². The van der Waals surface area contributed by atoms with Crippen molar-refractivity contribution in [1.82, 2.24) is 4.90 Å². The fourth-order valence-corrected chi connectivity index (χ4v) is 4.20. The third kappa shape index (κ3) is 5.16. The summed E-state index contributed by atoms with van der Waals surface area (Å²) in [6, 6.07) is 6.25. The molecule has 5 heteroatoms. The van der Waals surface area contributed by atoms with E-state index in [1.165, 1.54) is 31.2 Å². The van der Waals surface area contributed by atoms with Crippen LogP contribution in [0.2, 0.25) is 0 Å². The third-order valence-electron chi connectivity index (χ3n) is 6.00. The minimum atomic E-state index is -0.721. The Kier molecular flexibility index (Phi) is 7.00. The fourth-order valence-electron chi connectivity index (χ4n) is 4.20. The highest BCUT2D eigenvalue weighted by Gasteiger charge is 2.43. The number of unbranched alkanes of at least 4 members (excludes halogenated alkanes) is 4. The molecule has 2 heterocycles. The number of fused-ring (bicyclic) bond motifs is 2. The summed E-state index contributed by atoms with van der Waals surface area (Å²) in [6.07, 6.45) is 8.45. The Hall–Kier alpha value is -1.75. The van der Waals surface area contributed by atoms with Gasteiger partial charge in [-0.2, -0.15) is 0 Å². The molecule has 1 aromatic rings. The minimum absolute atomic E-state index is 0.0650. The lowest BCUT2D eigenvalue weighted by Crippen LogP contribution is -2.44. The molecule has 0 unspecified atom stereocenters. The Balaban J connectivity index is 1.54. The lowest BCUT2D eigenvalue weighted by molar-refractivity contribution is -0.137. The van der Waals surface area contributed by atoms with Crippen molar-refractivity contribution in [3.8, 4) is 11.5 Å². The largest absolute Gasteiger partial charge is 0.494 e. The zero-order chi connectivity index (χ0) is 19.1. The number of benzene rings is 1. The van der Waals surface area contributed by atoms with Crippen LogP contribution in [0, 0.1) is 0 Å². The van der Waals surface area contributed by atoms with Crippen LogP contribution in [0.1, 0.15) is 63.9 Å². The minimum Gasteiger partial charge on any atom is -0.494 e. The summed E-state index contributed by atoms with van der Waals surface area (Å²) in [6.45, 7) is 6.24. The van der Waals surface area contributed by atoms with Gasteiger partial charge in [-0.3, -0.25) is 4.79 Å². The molecule has 0 radical (unpaired) electrons. The van der Waals surface area contributed by atoms with Crippen LogP contribution >= 0.6 is 0 Å². The van der Waals surface area contributed by atoms with Gasteiger partial charge in [-0.1, -0.05) is 32.6 Å². The number of carboxylic acid groups (broad SMARTS) is 1. The van der Waals surface area contributed by atoms with Crippen molar-refractivity contribution in [2.45, 2.75) is 63.7 Å². The summed E-state index contributed by atoms with van der Waals surface area (Å²) in [5, 5.41) is 8.88. The molecule has 1 aromatic carbocycles. The highest BCUT2D eigenvalue weighted by molar-refractivity contribution is 5.66. The Labute approximate surface area is 162 Å². The number of hydrogen-bond donors (Lipinski definition) is 1. The summed E-state index contributed by atoms with van der Waals surface area (Å²) in [5.41, 5.74) is 1.35. The number of nitrogens with zero attached hydrogens (tertiary/aromatic N) is 1. The summed E-state index contributed by atoms with van der Waals surface area (Å²) in [7, 11) is 0. The molecule has 1 spiro atoms. The van der Waals surface area contributed by atoms with Gasteiger partial charge in [-0.15, -0.1) is 0 Å². The normalized spacial score (nSPS) is 18.3. The molecule has 150 valence electrons. The number of carboxylic acids is 1. The first-order valence-electron chi connectivity index (χ1n) is 10.5. The standard InChI is InChI=1S/C22H33NO4/c1-2-3-4-5-6-15-26-18-7-8-20-19(16-18)22(17-27-20)10-13-23(14-11-22)12-9-21(24)25/h7-8,16H,2-6,9-15,17H2,1H3,(H,24,25). The molecule has 0 saturated carbocycles. The SMILES string of the molecule is CCCCCCCOc1ccc2c(c1)C1(CCN(CCC(=O)O)CC1)CO2. The van der Waals surface area contributed by atoms with E-state index in [2.05, 4.69) is 17.9 Å². The quantitative estimate of drug-likeness (QED) is 0.620. The monoisotopic (exact) mass is 375 g/mol. The second-order valence-corrected chi connectivity index (χ2v) is 7.98. The van der Waals surface area contributed by atoms with Crippen LogP contribution in [0.5, 0.6) is 11.5 Å². The van der Waals surface area contributed by atoms with Crippen LogP contribution in [0.3, 0.4) is 0 Å². The van der Waals surface area contributed by atoms with Crippen LogP contribution in [-0.2, 0) is 10.2 Å². The molecule has 0 bridgehead atoms.